The Balaban J connectivity index is 1.75. The maximum absolute atomic E-state index is 13.5. The predicted octanol–water partition coefficient (Wildman–Crippen LogP) is 1.10. The first-order valence-corrected chi connectivity index (χ1v) is 10.1. The Morgan fingerprint density at radius 2 is 2.03 bits per heavy atom. The van der Waals surface area contributed by atoms with Crippen LogP contribution in [0.2, 0.25) is 0 Å². The monoisotopic (exact) mass is 406 g/mol. The van der Waals surface area contributed by atoms with Gasteiger partial charge in [0.15, 0.2) is 16.7 Å². The van der Waals surface area contributed by atoms with E-state index in [1.807, 2.05) is 54.9 Å². The van der Waals surface area contributed by atoms with Crippen LogP contribution in [0.1, 0.15) is 27.2 Å². The van der Waals surface area contributed by atoms with Gasteiger partial charge >= 0.3 is 6.03 Å². The maximum atomic E-state index is 13.5. The Bertz CT molecular complexity index is 1130. The molecule has 3 heterocycles. The minimum atomic E-state index is -0.170. The largest absolute Gasteiger partial charge is 0.429 e. The van der Waals surface area contributed by atoms with E-state index in [0.29, 0.717) is 17.3 Å². The zero-order valence-electron chi connectivity index (χ0n) is 16.8. The molecule has 0 atom stereocenters. The molecule has 0 spiro atoms. The molecule has 1 amide bonds. The van der Waals surface area contributed by atoms with Crippen LogP contribution in [-0.2, 0) is 11.4 Å². The van der Waals surface area contributed by atoms with Gasteiger partial charge < -0.3 is 15.1 Å². The number of nitrogens with zero attached hydrogens (tertiary/aromatic N) is 3. The van der Waals surface area contributed by atoms with Gasteiger partial charge in [-0.25, -0.2) is 4.79 Å². The van der Waals surface area contributed by atoms with Crippen molar-refractivity contribution < 1.29 is 19.5 Å². The number of hydrogen-bond acceptors (Lipinski definition) is 3. The number of fused-ring (bicyclic) bond motifs is 1. The highest BCUT2D eigenvalue weighted by Gasteiger charge is 2.31. The lowest BCUT2D eigenvalue weighted by atomic mass is 10.0. The number of carbonyl (C=O) groups is 2. The van der Waals surface area contributed by atoms with Crippen molar-refractivity contribution >= 4 is 39.4 Å². The van der Waals surface area contributed by atoms with Gasteiger partial charge in [-0.15, -0.1) is 17.5 Å². The number of aryl methyl sites for hydroxylation is 1. The minimum absolute atomic E-state index is 0.0743. The normalized spacial score (nSPS) is 13.4. The molecule has 1 aromatic carbocycles. The number of Topliss-reactive ketones (excluding diaryl/α,β-unsaturated/α-hetero) is 1. The maximum Gasteiger partial charge on any atom is 0.429 e. The fourth-order valence-electron chi connectivity index (χ4n) is 3.53. The molecule has 0 radical (unpaired) electrons. The average molecular weight is 407 g/mol. The van der Waals surface area contributed by atoms with Crippen molar-refractivity contribution in [1.29, 1.82) is 0 Å². The fourth-order valence-corrected chi connectivity index (χ4v) is 4.41. The molecule has 0 saturated carbocycles. The highest BCUT2D eigenvalue weighted by molar-refractivity contribution is 7.81. The van der Waals surface area contributed by atoms with Crippen LogP contribution in [0.5, 0.6) is 0 Å². The number of nitrogens with two attached hydrogens (primary N) is 1. The van der Waals surface area contributed by atoms with Gasteiger partial charge in [-0.2, -0.15) is 5.56 Å². The summed E-state index contributed by atoms with van der Waals surface area (Å²) in [6, 6.07) is 10.1. The van der Waals surface area contributed by atoms with Gasteiger partial charge in [0, 0.05) is 11.3 Å². The third-order valence-electron chi connectivity index (χ3n) is 4.97. The summed E-state index contributed by atoms with van der Waals surface area (Å²) >= 11 is 1.52. The van der Waals surface area contributed by atoms with Crippen molar-refractivity contribution in [2.24, 2.45) is 0 Å². The summed E-state index contributed by atoms with van der Waals surface area (Å²) in [6.45, 7) is 3.82. The topological polar surface area (TPSA) is 70.8 Å². The second-order valence-electron chi connectivity index (χ2n) is 7.26. The number of benzene rings is 1. The molecule has 4 rings (SSSR count). The Hall–Kier alpha value is -3.16. The number of ketones is 1. The van der Waals surface area contributed by atoms with E-state index < -0.39 is 0 Å². The zero-order valence-corrected chi connectivity index (χ0v) is 17.6. The molecule has 3 aromatic rings. The molecule has 6 nitrogen and oxygen atoms in total. The van der Waals surface area contributed by atoms with E-state index in [9.17, 15) is 9.59 Å². The van der Waals surface area contributed by atoms with E-state index in [1.165, 1.54) is 16.3 Å². The van der Waals surface area contributed by atoms with Crippen LogP contribution in [0, 0.1) is 25.3 Å². The summed E-state index contributed by atoms with van der Waals surface area (Å²) in [5.41, 5.74) is 4.01. The lowest BCUT2D eigenvalue weighted by Crippen LogP contribution is -2.86. The van der Waals surface area contributed by atoms with Crippen molar-refractivity contribution in [3.05, 3.63) is 76.5 Å². The molecule has 29 heavy (non-hydrogen) atoms. The summed E-state index contributed by atoms with van der Waals surface area (Å²) in [5.74, 6) is -0.0743. The molecule has 7 heteroatoms. The van der Waals surface area contributed by atoms with Gasteiger partial charge in [-0.05, 0) is 31.3 Å². The van der Waals surface area contributed by atoms with Gasteiger partial charge in [0.25, 0.3) is 5.37 Å². The van der Waals surface area contributed by atoms with Crippen LogP contribution < -0.4 is 9.88 Å². The molecular formula is C22H22N4O2S. The molecule has 2 N–H and O–H groups in total. The van der Waals surface area contributed by atoms with Crippen molar-refractivity contribution in [2.75, 3.05) is 14.1 Å². The van der Waals surface area contributed by atoms with E-state index >= 15 is 0 Å². The molecular weight excluding hydrogens is 384 g/mol. The summed E-state index contributed by atoms with van der Waals surface area (Å²) in [5, 5.41) is 5.56. The second-order valence-corrected chi connectivity index (χ2v) is 8.18. The van der Waals surface area contributed by atoms with Crippen LogP contribution >= 0.6 is 0 Å². The first-order chi connectivity index (χ1) is 13.9. The highest BCUT2D eigenvalue weighted by Crippen LogP contribution is 2.25. The SMILES string of the molecule is Cc1ccc2c(c1)c(C(=O)[C-]1C=[S+][C-](c3cccnc3)[NH2+]1)[c-](C)[n+]2C(=O)N(C)C. The van der Waals surface area contributed by atoms with E-state index in [4.69, 9.17) is 0 Å². The minimum Gasteiger partial charge on any atom is -0.371 e. The van der Waals surface area contributed by atoms with Crippen molar-refractivity contribution in [2.45, 2.75) is 13.8 Å². The van der Waals surface area contributed by atoms with Gasteiger partial charge in [-0.3, -0.25) is 9.47 Å². The molecule has 1 aliphatic heterocycles. The molecule has 148 valence electrons. The predicted molar refractivity (Wildman–Crippen MR) is 113 cm³/mol. The number of rotatable bonds is 3. The third-order valence-corrected chi connectivity index (χ3v) is 5.95. The first kappa shape index (κ1) is 19.2. The summed E-state index contributed by atoms with van der Waals surface area (Å²) in [7, 11) is 3.42. The Morgan fingerprint density at radius 3 is 2.72 bits per heavy atom. The highest BCUT2D eigenvalue weighted by atomic mass is 32.1. The molecule has 0 aliphatic carbocycles. The van der Waals surface area contributed by atoms with Crippen molar-refractivity contribution in [1.82, 2.24) is 9.88 Å². The summed E-state index contributed by atoms with van der Waals surface area (Å²) in [4.78, 5) is 32.0. The van der Waals surface area contributed by atoms with Crippen LogP contribution in [-0.4, -0.2) is 41.2 Å². The lowest BCUT2D eigenvalue weighted by Gasteiger charge is -2.20. The van der Waals surface area contributed by atoms with Crippen LogP contribution in [0.25, 0.3) is 10.9 Å². The van der Waals surface area contributed by atoms with Gasteiger partial charge in [0.2, 0.25) is 0 Å². The van der Waals surface area contributed by atoms with Crippen molar-refractivity contribution in [3.8, 4) is 0 Å². The molecule has 2 aromatic heterocycles. The quantitative estimate of drug-likeness (QED) is 0.233. The van der Waals surface area contributed by atoms with E-state index in [-0.39, 0.29) is 11.8 Å². The van der Waals surface area contributed by atoms with Crippen LogP contribution in [0.15, 0.2) is 42.7 Å². The summed E-state index contributed by atoms with van der Waals surface area (Å²) in [6.07, 6.45) is 3.52. The molecule has 0 unspecified atom stereocenters. The number of pyridine rings is 1. The fraction of sp³-hybridized carbons (Fsp3) is 0.182. The Kier molecular flexibility index (Phi) is 4.86. The standard InChI is InChI=1S/C22H22N4O2S/c1-13-7-8-18-16(10-13)19(14(2)26(18)22(28)25(3)4)20(27)17-12-29-21(24-17)15-6-5-9-23-11-15/h5-12H,24H2,1-4H3. The smallest absolute Gasteiger partial charge is 0.371 e. The average Bonchev–Trinajstić information content (AvgIpc) is 3.30. The van der Waals surface area contributed by atoms with Crippen LogP contribution in [0.3, 0.4) is 0 Å². The van der Waals surface area contributed by atoms with E-state index in [2.05, 4.69) is 4.98 Å². The molecule has 0 bridgehead atoms. The Morgan fingerprint density at radius 1 is 1.24 bits per heavy atom. The van der Waals surface area contributed by atoms with Gasteiger partial charge in [-0.1, -0.05) is 30.0 Å². The van der Waals surface area contributed by atoms with Crippen LogP contribution in [0.4, 0.5) is 4.79 Å². The van der Waals surface area contributed by atoms with Crippen molar-refractivity contribution in [3.63, 3.8) is 0 Å². The first-order valence-electron chi connectivity index (χ1n) is 9.25. The molecule has 0 fully saturated rings. The second kappa shape index (κ2) is 7.35. The number of amides is 1. The number of quaternary nitrogens is 1. The summed E-state index contributed by atoms with van der Waals surface area (Å²) < 4.78 is 1.62. The lowest BCUT2D eigenvalue weighted by molar-refractivity contribution is -0.580. The number of hydrogen-bond donors (Lipinski definition) is 1. The van der Waals surface area contributed by atoms with Gasteiger partial charge in [0.05, 0.1) is 20.1 Å². The number of aromatic nitrogens is 2. The van der Waals surface area contributed by atoms with E-state index in [0.717, 1.165) is 27.4 Å². The molecule has 1 aliphatic rings. The molecule has 0 saturated heterocycles. The van der Waals surface area contributed by atoms with E-state index in [1.54, 1.807) is 31.1 Å². The Labute approximate surface area is 173 Å². The van der Waals surface area contributed by atoms with Gasteiger partial charge in [0.1, 0.15) is 0 Å². The zero-order chi connectivity index (χ0) is 20.7. The third kappa shape index (κ3) is 3.28. The number of carbonyl (C=O) groups excluding carboxylic acids is 2.